The van der Waals surface area contributed by atoms with Gasteiger partial charge in [0.25, 0.3) is 5.91 Å². The quantitative estimate of drug-likeness (QED) is 0.639. The van der Waals surface area contributed by atoms with E-state index in [1.54, 1.807) is 22.5 Å². The monoisotopic (exact) mass is 493 g/mol. The molecule has 0 aromatic heterocycles. The van der Waals surface area contributed by atoms with Crippen LogP contribution in [0.25, 0.3) is 0 Å². The Labute approximate surface area is 199 Å². The number of carbonyl (C=O) groups excluding carboxylic acids is 1. The first-order valence-corrected chi connectivity index (χ1v) is 12.8. The average molecular weight is 494 g/mol. The van der Waals surface area contributed by atoms with E-state index in [1.807, 2.05) is 4.90 Å². The van der Waals surface area contributed by atoms with E-state index in [0.29, 0.717) is 62.7 Å². The first-order valence-electron chi connectivity index (χ1n) is 11.4. The molecule has 2 aliphatic heterocycles. The van der Waals surface area contributed by atoms with Crippen LogP contribution in [0.2, 0.25) is 0 Å². The highest BCUT2D eigenvalue weighted by atomic mass is 32.2. The van der Waals surface area contributed by atoms with Crippen molar-refractivity contribution in [2.75, 3.05) is 51.3 Å². The third-order valence-electron chi connectivity index (χ3n) is 6.48. The van der Waals surface area contributed by atoms with Gasteiger partial charge in [0.2, 0.25) is 10.0 Å². The van der Waals surface area contributed by atoms with E-state index in [2.05, 4.69) is 6.92 Å². The van der Waals surface area contributed by atoms with Crippen LogP contribution in [0.5, 0.6) is 5.75 Å². The maximum Gasteiger partial charge on any atom is 0.256 e. The predicted octanol–water partition coefficient (Wildman–Crippen LogP) is 3.36. The van der Waals surface area contributed by atoms with Gasteiger partial charge in [-0.25, -0.2) is 17.2 Å². The van der Waals surface area contributed by atoms with Crippen molar-refractivity contribution < 1.29 is 26.7 Å². The molecule has 184 valence electrons. The van der Waals surface area contributed by atoms with Crippen LogP contribution >= 0.6 is 0 Å². The van der Waals surface area contributed by atoms with Crippen molar-refractivity contribution in [3.8, 4) is 5.75 Å². The fraction of sp³-hybridized carbons (Fsp3) is 0.458. The van der Waals surface area contributed by atoms with E-state index < -0.39 is 27.6 Å². The summed E-state index contributed by atoms with van der Waals surface area (Å²) in [5, 5.41) is 0. The van der Waals surface area contributed by atoms with Crippen molar-refractivity contribution in [3.05, 3.63) is 53.6 Å². The number of hydrogen-bond donors (Lipinski definition) is 0. The van der Waals surface area contributed by atoms with Gasteiger partial charge >= 0.3 is 0 Å². The minimum Gasteiger partial charge on any atom is -0.495 e. The van der Waals surface area contributed by atoms with Crippen LogP contribution < -0.4 is 9.64 Å². The van der Waals surface area contributed by atoms with E-state index in [9.17, 15) is 22.0 Å². The molecule has 0 N–H and O–H groups in total. The maximum absolute atomic E-state index is 14.1. The molecule has 10 heteroatoms. The molecule has 2 aliphatic rings. The highest BCUT2D eigenvalue weighted by Gasteiger charge is 2.31. The van der Waals surface area contributed by atoms with Crippen molar-refractivity contribution >= 4 is 21.6 Å². The molecule has 1 amide bonds. The Morgan fingerprint density at radius 2 is 1.76 bits per heavy atom. The van der Waals surface area contributed by atoms with Crippen molar-refractivity contribution in [2.45, 2.75) is 24.7 Å². The summed E-state index contributed by atoms with van der Waals surface area (Å²) in [6.45, 7) is 4.50. The first-order chi connectivity index (χ1) is 16.2. The van der Waals surface area contributed by atoms with Crippen LogP contribution in [-0.2, 0) is 10.0 Å². The van der Waals surface area contributed by atoms with E-state index >= 15 is 0 Å². The molecule has 1 atom stereocenters. The van der Waals surface area contributed by atoms with Gasteiger partial charge in [-0.3, -0.25) is 4.79 Å². The Morgan fingerprint density at radius 1 is 1.03 bits per heavy atom. The molecule has 2 fully saturated rings. The zero-order valence-electron chi connectivity index (χ0n) is 19.3. The lowest BCUT2D eigenvalue weighted by Gasteiger charge is -2.37. The number of hydrogen-bond acceptors (Lipinski definition) is 5. The molecule has 2 aromatic carbocycles. The molecule has 2 heterocycles. The number of piperidine rings is 1. The second kappa shape index (κ2) is 9.87. The topological polar surface area (TPSA) is 70.2 Å². The van der Waals surface area contributed by atoms with Gasteiger partial charge in [-0.2, -0.15) is 4.31 Å². The largest absolute Gasteiger partial charge is 0.495 e. The van der Waals surface area contributed by atoms with Crippen LogP contribution in [0.4, 0.5) is 14.5 Å². The van der Waals surface area contributed by atoms with Crippen LogP contribution in [0.15, 0.2) is 41.3 Å². The van der Waals surface area contributed by atoms with Gasteiger partial charge in [-0.15, -0.1) is 0 Å². The number of carbonyl (C=O) groups is 1. The van der Waals surface area contributed by atoms with E-state index in [0.717, 1.165) is 25.0 Å². The average Bonchev–Trinajstić information content (AvgIpc) is 2.83. The Kier molecular flexibility index (Phi) is 7.09. The van der Waals surface area contributed by atoms with Gasteiger partial charge in [0, 0.05) is 45.3 Å². The Morgan fingerprint density at radius 3 is 2.41 bits per heavy atom. The summed E-state index contributed by atoms with van der Waals surface area (Å²) < 4.78 is 60.8. The molecular weight excluding hydrogens is 464 g/mol. The number of anilines is 1. The van der Waals surface area contributed by atoms with Crippen molar-refractivity contribution in [2.24, 2.45) is 5.92 Å². The lowest BCUT2D eigenvalue weighted by atomic mass is 10.0. The summed E-state index contributed by atoms with van der Waals surface area (Å²) in [4.78, 5) is 16.4. The van der Waals surface area contributed by atoms with Crippen molar-refractivity contribution in [3.63, 3.8) is 0 Å². The molecule has 34 heavy (non-hydrogen) atoms. The molecule has 0 spiro atoms. The van der Waals surface area contributed by atoms with Gasteiger partial charge < -0.3 is 14.5 Å². The van der Waals surface area contributed by atoms with Gasteiger partial charge in [-0.05, 0) is 49.1 Å². The van der Waals surface area contributed by atoms with Crippen molar-refractivity contribution in [1.82, 2.24) is 9.21 Å². The molecule has 2 saturated heterocycles. The Bertz CT molecular complexity index is 1170. The van der Waals surface area contributed by atoms with Crippen LogP contribution in [0.3, 0.4) is 0 Å². The molecule has 1 unspecified atom stereocenters. The number of amides is 1. The highest BCUT2D eigenvalue weighted by molar-refractivity contribution is 7.89. The number of halogens is 2. The number of sulfonamides is 1. The standard InChI is InChI=1S/C24H29F2N3O4S/c1-17-4-3-9-29(16-17)34(31,32)19-6-8-23(33-2)22(15-19)27-10-12-28(13-11-27)24(30)20-7-5-18(25)14-21(20)26/h5-8,14-15,17H,3-4,9-13,16H2,1-2H3. The molecule has 0 aliphatic carbocycles. The SMILES string of the molecule is COc1ccc(S(=O)(=O)N2CCCC(C)C2)cc1N1CCN(C(=O)c2ccc(F)cc2F)CC1. The number of nitrogens with zero attached hydrogens (tertiary/aromatic N) is 3. The smallest absolute Gasteiger partial charge is 0.256 e. The molecular formula is C24H29F2N3O4S. The summed E-state index contributed by atoms with van der Waals surface area (Å²) in [6, 6.07) is 7.76. The summed E-state index contributed by atoms with van der Waals surface area (Å²) >= 11 is 0. The second-order valence-corrected chi connectivity index (χ2v) is 10.8. The lowest BCUT2D eigenvalue weighted by molar-refractivity contribution is 0.0742. The highest BCUT2D eigenvalue weighted by Crippen LogP contribution is 2.34. The molecule has 7 nitrogen and oxygen atoms in total. The van der Waals surface area contributed by atoms with Crippen LogP contribution in [-0.4, -0.2) is 69.9 Å². The minimum absolute atomic E-state index is 0.170. The normalized spacial score (nSPS) is 19.8. The second-order valence-electron chi connectivity index (χ2n) is 8.85. The molecule has 2 aromatic rings. The van der Waals surface area contributed by atoms with Gasteiger partial charge in [0.15, 0.2) is 0 Å². The summed E-state index contributed by atoms with van der Waals surface area (Å²) in [5.41, 5.74) is 0.463. The molecule has 0 radical (unpaired) electrons. The fourth-order valence-corrected chi connectivity index (χ4v) is 6.19. The number of piperazine rings is 1. The van der Waals surface area contributed by atoms with E-state index in [-0.39, 0.29) is 10.5 Å². The zero-order chi connectivity index (χ0) is 24.5. The van der Waals surface area contributed by atoms with Gasteiger partial charge in [0.1, 0.15) is 17.4 Å². The molecule has 0 saturated carbocycles. The summed E-state index contributed by atoms with van der Waals surface area (Å²) in [6.07, 6.45) is 1.86. The number of ether oxygens (including phenoxy) is 1. The van der Waals surface area contributed by atoms with E-state index in [1.165, 1.54) is 12.0 Å². The third kappa shape index (κ3) is 4.88. The predicted molar refractivity (Wildman–Crippen MR) is 125 cm³/mol. The Hall–Kier alpha value is -2.72. The third-order valence-corrected chi connectivity index (χ3v) is 8.34. The van der Waals surface area contributed by atoms with Gasteiger partial charge in [0.05, 0.1) is 23.3 Å². The summed E-state index contributed by atoms with van der Waals surface area (Å²) in [5.74, 6) is -1.27. The van der Waals surface area contributed by atoms with Crippen LogP contribution in [0, 0.1) is 17.6 Å². The fourth-order valence-electron chi connectivity index (χ4n) is 4.57. The maximum atomic E-state index is 14.1. The lowest BCUT2D eigenvalue weighted by Crippen LogP contribution is -2.49. The first kappa shape index (κ1) is 24.4. The number of methoxy groups -OCH3 is 1. The molecule has 0 bridgehead atoms. The zero-order valence-corrected chi connectivity index (χ0v) is 20.2. The Balaban J connectivity index is 1.52. The van der Waals surface area contributed by atoms with Gasteiger partial charge in [-0.1, -0.05) is 6.92 Å². The molecule has 4 rings (SSSR count). The number of rotatable bonds is 5. The van der Waals surface area contributed by atoms with E-state index in [4.69, 9.17) is 4.74 Å². The number of benzene rings is 2. The van der Waals surface area contributed by atoms with Crippen LogP contribution in [0.1, 0.15) is 30.1 Å². The minimum atomic E-state index is -3.64. The van der Waals surface area contributed by atoms with Crippen molar-refractivity contribution in [1.29, 1.82) is 0 Å². The summed E-state index contributed by atoms with van der Waals surface area (Å²) in [7, 11) is -2.11.